The Balaban J connectivity index is 2.51. The molecule has 80 valence electrons. The maximum Gasteiger partial charge on any atom is 0.308 e. The van der Waals surface area contributed by atoms with Crippen molar-refractivity contribution in [2.45, 2.75) is 12.8 Å². The Kier molecular flexibility index (Phi) is 2.30. The SMILES string of the molecule is O=C(O)Cc1c(F)cc2c(c1F)CCO2. The minimum Gasteiger partial charge on any atom is -0.493 e. The predicted octanol–water partition coefficient (Wildman–Crippen LogP) is 1.53. The molecule has 0 aromatic heterocycles. The van der Waals surface area contributed by atoms with Crippen molar-refractivity contribution >= 4 is 5.97 Å². The first-order valence-electron chi connectivity index (χ1n) is 4.44. The zero-order valence-electron chi connectivity index (χ0n) is 7.72. The number of hydrogen-bond donors (Lipinski definition) is 1. The van der Waals surface area contributed by atoms with Crippen LogP contribution < -0.4 is 4.74 Å². The Labute approximate surface area is 84.3 Å². The molecule has 0 amide bonds. The van der Waals surface area contributed by atoms with Crippen molar-refractivity contribution < 1.29 is 23.4 Å². The van der Waals surface area contributed by atoms with Crippen LogP contribution in [0.25, 0.3) is 0 Å². The van der Waals surface area contributed by atoms with Crippen LogP contribution in [-0.4, -0.2) is 17.7 Å². The molecule has 2 rings (SSSR count). The fourth-order valence-corrected chi connectivity index (χ4v) is 1.62. The molecule has 5 heteroatoms. The van der Waals surface area contributed by atoms with E-state index in [4.69, 9.17) is 9.84 Å². The number of benzene rings is 1. The summed E-state index contributed by atoms with van der Waals surface area (Å²) in [6, 6.07) is 1.05. The molecule has 0 saturated heterocycles. The van der Waals surface area contributed by atoms with E-state index in [-0.39, 0.29) is 11.3 Å². The summed E-state index contributed by atoms with van der Waals surface area (Å²) in [6.45, 7) is 0.308. The van der Waals surface area contributed by atoms with Gasteiger partial charge in [0.05, 0.1) is 13.0 Å². The third-order valence-corrected chi connectivity index (χ3v) is 2.31. The molecule has 0 saturated carbocycles. The van der Waals surface area contributed by atoms with Gasteiger partial charge in [-0.05, 0) is 0 Å². The summed E-state index contributed by atoms with van der Waals surface area (Å²) < 4.78 is 31.9. The highest BCUT2D eigenvalue weighted by molar-refractivity contribution is 5.70. The van der Waals surface area contributed by atoms with E-state index in [0.717, 1.165) is 6.07 Å². The van der Waals surface area contributed by atoms with Crippen molar-refractivity contribution in [1.29, 1.82) is 0 Å². The molecule has 0 radical (unpaired) electrons. The fourth-order valence-electron chi connectivity index (χ4n) is 1.62. The third kappa shape index (κ3) is 1.65. The number of carboxylic acids is 1. The Morgan fingerprint density at radius 2 is 2.27 bits per heavy atom. The van der Waals surface area contributed by atoms with Crippen LogP contribution in [0.4, 0.5) is 8.78 Å². The lowest BCUT2D eigenvalue weighted by atomic mass is 10.0. The molecule has 1 aromatic rings. The van der Waals surface area contributed by atoms with E-state index in [2.05, 4.69) is 0 Å². The summed E-state index contributed by atoms with van der Waals surface area (Å²) in [6.07, 6.45) is -0.293. The van der Waals surface area contributed by atoms with Crippen molar-refractivity contribution in [1.82, 2.24) is 0 Å². The van der Waals surface area contributed by atoms with Gasteiger partial charge in [0, 0.05) is 23.6 Å². The van der Waals surface area contributed by atoms with E-state index < -0.39 is 29.6 Å². The van der Waals surface area contributed by atoms with Gasteiger partial charge in [0.2, 0.25) is 0 Å². The van der Waals surface area contributed by atoms with Gasteiger partial charge in [0.1, 0.15) is 17.4 Å². The van der Waals surface area contributed by atoms with Crippen molar-refractivity contribution in [3.05, 3.63) is 28.8 Å². The van der Waals surface area contributed by atoms with Crippen LogP contribution in [0.2, 0.25) is 0 Å². The smallest absolute Gasteiger partial charge is 0.308 e. The first-order valence-corrected chi connectivity index (χ1v) is 4.44. The summed E-state index contributed by atoms with van der Waals surface area (Å²) in [7, 11) is 0. The number of carbonyl (C=O) groups is 1. The van der Waals surface area contributed by atoms with Gasteiger partial charge in [-0.1, -0.05) is 0 Å². The molecule has 3 nitrogen and oxygen atoms in total. The molecule has 15 heavy (non-hydrogen) atoms. The molecule has 0 aliphatic carbocycles. The van der Waals surface area contributed by atoms with Crippen LogP contribution in [-0.2, 0) is 17.6 Å². The lowest BCUT2D eigenvalue weighted by molar-refractivity contribution is -0.136. The fraction of sp³-hybridized carbons (Fsp3) is 0.300. The third-order valence-electron chi connectivity index (χ3n) is 2.31. The maximum absolute atomic E-state index is 13.6. The van der Waals surface area contributed by atoms with Crippen LogP contribution >= 0.6 is 0 Å². The molecule has 1 aromatic carbocycles. The average Bonchev–Trinajstić information content (AvgIpc) is 2.59. The lowest BCUT2D eigenvalue weighted by Gasteiger charge is -2.06. The Bertz CT molecular complexity index is 429. The lowest BCUT2D eigenvalue weighted by Crippen LogP contribution is -2.07. The average molecular weight is 214 g/mol. The second-order valence-electron chi connectivity index (χ2n) is 3.30. The van der Waals surface area contributed by atoms with Gasteiger partial charge in [0.25, 0.3) is 0 Å². The van der Waals surface area contributed by atoms with Gasteiger partial charge in [-0.15, -0.1) is 0 Å². The molecular formula is C10H8F2O3. The number of ether oxygens (including phenoxy) is 1. The van der Waals surface area contributed by atoms with Crippen molar-refractivity contribution in [2.75, 3.05) is 6.61 Å². The zero-order valence-corrected chi connectivity index (χ0v) is 7.72. The highest BCUT2D eigenvalue weighted by Crippen LogP contribution is 2.31. The minimum atomic E-state index is -1.26. The van der Waals surface area contributed by atoms with E-state index in [0.29, 0.717) is 13.0 Å². The standard InChI is InChI=1S/C10H8F2O3/c11-7-4-8-5(1-2-15-8)10(12)6(7)3-9(13)14/h4H,1-3H2,(H,13,14). The van der Waals surface area contributed by atoms with Gasteiger partial charge < -0.3 is 9.84 Å². The van der Waals surface area contributed by atoms with E-state index in [1.807, 2.05) is 0 Å². The van der Waals surface area contributed by atoms with E-state index in [9.17, 15) is 13.6 Å². The summed E-state index contributed by atoms with van der Waals surface area (Å²) in [5, 5.41) is 8.50. The number of aliphatic carboxylic acids is 1. The van der Waals surface area contributed by atoms with Crippen LogP contribution in [0.3, 0.4) is 0 Å². The molecule has 1 aliphatic rings. The summed E-state index contributed by atoms with van der Waals surface area (Å²) in [5.74, 6) is -2.73. The number of halogens is 2. The second-order valence-corrected chi connectivity index (χ2v) is 3.30. The van der Waals surface area contributed by atoms with Gasteiger partial charge in [-0.25, -0.2) is 8.78 Å². The van der Waals surface area contributed by atoms with Crippen molar-refractivity contribution in [3.8, 4) is 5.75 Å². The summed E-state index contributed by atoms with van der Waals surface area (Å²) in [5.41, 5.74) is -0.126. The van der Waals surface area contributed by atoms with E-state index in [1.54, 1.807) is 0 Å². The van der Waals surface area contributed by atoms with Gasteiger partial charge >= 0.3 is 5.97 Å². The highest BCUT2D eigenvalue weighted by Gasteiger charge is 2.24. The normalized spacial score (nSPS) is 13.5. The van der Waals surface area contributed by atoms with Gasteiger partial charge in [0.15, 0.2) is 0 Å². The first kappa shape index (κ1) is 9.89. The Hall–Kier alpha value is -1.65. The largest absolute Gasteiger partial charge is 0.493 e. The van der Waals surface area contributed by atoms with Crippen LogP contribution in [0.15, 0.2) is 6.07 Å². The molecule has 1 aliphatic heterocycles. The summed E-state index contributed by atoms with van der Waals surface area (Å²) in [4.78, 5) is 10.4. The van der Waals surface area contributed by atoms with Gasteiger partial charge in [-0.3, -0.25) is 4.79 Å². The summed E-state index contributed by atoms with van der Waals surface area (Å²) >= 11 is 0. The topological polar surface area (TPSA) is 46.5 Å². The molecule has 0 atom stereocenters. The molecule has 0 fully saturated rings. The van der Waals surface area contributed by atoms with Crippen LogP contribution in [0.5, 0.6) is 5.75 Å². The molecule has 1 heterocycles. The minimum absolute atomic E-state index is 0.180. The Morgan fingerprint density at radius 1 is 1.53 bits per heavy atom. The zero-order chi connectivity index (χ0) is 11.0. The Morgan fingerprint density at radius 3 is 2.93 bits per heavy atom. The van der Waals surface area contributed by atoms with E-state index in [1.165, 1.54) is 0 Å². The first-order chi connectivity index (χ1) is 7.09. The number of fused-ring (bicyclic) bond motifs is 1. The number of rotatable bonds is 2. The molecular weight excluding hydrogens is 206 g/mol. The van der Waals surface area contributed by atoms with Crippen molar-refractivity contribution in [3.63, 3.8) is 0 Å². The molecule has 0 unspecified atom stereocenters. The second kappa shape index (κ2) is 3.49. The van der Waals surface area contributed by atoms with E-state index >= 15 is 0 Å². The molecule has 1 N–H and O–H groups in total. The quantitative estimate of drug-likeness (QED) is 0.811. The number of hydrogen-bond acceptors (Lipinski definition) is 2. The molecule has 0 bridgehead atoms. The van der Waals surface area contributed by atoms with Gasteiger partial charge in [-0.2, -0.15) is 0 Å². The van der Waals surface area contributed by atoms with Crippen LogP contribution in [0.1, 0.15) is 11.1 Å². The monoisotopic (exact) mass is 214 g/mol. The number of carboxylic acid groups (broad SMARTS) is 1. The predicted molar refractivity (Wildman–Crippen MR) is 46.9 cm³/mol. The maximum atomic E-state index is 13.6. The highest BCUT2D eigenvalue weighted by atomic mass is 19.1. The van der Waals surface area contributed by atoms with Crippen LogP contribution in [0, 0.1) is 11.6 Å². The van der Waals surface area contributed by atoms with Crippen molar-refractivity contribution in [2.24, 2.45) is 0 Å². The molecule has 0 spiro atoms.